The van der Waals surface area contributed by atoms with Crippen molar-refractivity contribution < 1.29 is 39.6 Å². The number of Topliss-reactive ketones (excluding diaryl/α,β-unsaturated/α-hetero) is 1. The molecule has 0 saturated carbocycles. The molecule has 298 valence electrons. The molecule has 0 atom stereocenters. The predicted molar refractivity (Wildman–Crippen MR) is 210 cm³/mol. The number of ketones is 1. The number of benzene rings is 1. The van der Waals surface area contributed by atoms with Crippen molar-refractivity contribution in [3.05, 3.63) is 24.3 Å². The fourth-order valence-electron chi connectivity index (χ4n) is 4.78. The summed E-state index contributed by atoms with van der Waals surface area (Å²) in [6.45, 7) is 2.85. The lowest BCUT2D eigenvalue weighted by Crippen LogP contribution is -2.31. The maximum absolute atomic E-state index is 12.2. The van der Waals surface area contributed by atoms with E-state index in [1.54, 1.807) is 12.6 Å². The maximum Gasteiger partial charge on any atom is 0.246 e. The minimum absolute atomic E-state index is 0.0443. The number of anilines is 2. The van der Waals surface area contributed by atoms with E-state index in [-0.39, 0.29) is 57.0 Å². The second-order valence-corrected chi connectivity index (χ2v) is 13.5. The first-order valence-electron chi connectivity index (χ1n) is 18.1. The van der Waals surface area contributed by atoms with Crippen molar-refractivity contribution in [2.24, 2.45) is 4.99 Å². The second-order valence-electron chi connectivity index (χ2n) is 12.4. The van der Waals surface area contributed by atoms with Gasteiger partial charge in [-0.3, -0.25) is 44.6 Å². The number of carbonyl (C=O) groups excluding carboxylic acids is 5. The van der Waals surface area contributed by atoms with Gasteiger partial charge in [-0.15, -0.1) is 0 Å². The number of unbranched alkanes of at least 4 members (excludes halogenated alkanes) is 7. The molecular weight excluding hydrogens is 725 g/mol. The third-order valence-corrected chi connectivity index (χ3v) is 8.79. The normalized spacial score (nSPS) is 10.8. The smallest absolute Gasteiger partial charge is 0.246 e. The van der Waals surface area contributed by atoms with Crippen LogP contribution in [-0.4, -0.2) is 111 Å². The van der Waals surface area contributed by atoms with Crippen LogP contribution in [0.15, 0.2) is 29.3 Å². The number of aliphatic imine (C=N–C) groups is 1. The van der Waals surface area contributed by atoms with Gasteiger partial charge in [-0.1, -0.05) is 12.8 Å². The van der Waals surface area contributed by atoms with Gasteiger partial charge < -0.3 is 20.7 Å². The van der Waals surface area contributed by atoms with Crippen LogP contribution in [0, 0.1) is 0 Å². The lowest BCUT2D eigenvalue weighted by Gasteiger charge is -2.15. The lowest BCUT2D eigenvalue weighted by molar-refractivity contribution is -0.166. The van der Waals surface area contributed by atoms with Crippen LogP contribution < -0.4 is 20.7 Å². The molecule has 0 unspecified atom stereocenters. The van der Waals surface area contributed by atoms with Gasteiger partial charge in [0.05, 0.1) is 5.55 Å². The van der Waals surface area contributed by atoms with Crippen LogP contribution in [0.1, 0.15) is 103 Å². The molecule has 0 heterocycles. The van der Waals surface area contributed by atoms with Gasteiger partial charge in [0.2, 0.25) is 23.6 Å². The van der Waals surface area contributed by atoms with Crippen molar-refractivity contribution in [3.63, 3.8) is 0 Å². The van der Waals surface area contributed by atoms with Crippen LogP contribution in [0.3, 0.4) is 0 Å². The molecule has 1 aromatic rings. The topological polar surface area (TPSA) is 216 Å². The Kier molecular flexibility index (Phi) is 26.3. The number of hydrogen-bond donors (Lipinski definition) is 7. The van der Waals surface area contributed by atoms with Gasteiger partial charge in [0.1, 0.15) is 5.78 Å². The van der Waals surface area contributed by atoms with E-state index >= 15 is 0 Å². The standard InChI is InChI=1S/C35H58N8O8S2/c1-28(44)41(49)24-10-4-3-7-13-31(45)18-20-33(47)42(50)25-11-5-8-22-37-32(46)19-21-34(48)43(51)26-12-6-9-23-38-35(52)39-29-14-16-30(17-15-29)40-53-27-36-2/h14-17,27,40,49-51H,3-13,18-26H2,1-2H3,(H,37,46)(H2,38,39,52). The Morgan fingerprint density at radius 3 is 1.77 bits per heavy atom. The Morgan fingerprint density at radius 2 is 1.19 bits per heavy atom. The number of hydroxylamine groups is 6. The van der Waals surface area contributed by atoms with Crippen molar-refractivity contribution >= 4 is 75.6 Å². The number of hydrogen-bond acceptors (Lipinski definition) is 12. The number of amides is 4. The van der Waals surface area contributed by atoms with Crippen molar-refractivity contribution in [3.8, 4) is 0 Å². The van der Waals surface area contributed by atoms with Crippen LogP contribution in [0.2, 0.25) is 0 Å². The summed E-state index contributed by atoms with van der Waals surface area (Å²) in [5, 5.41) is 40.8. The summed E-state index contributed by atoms with van der Waals surface area (Å²) in [5.74, 6) is -1.80. The van der Waals surface area contributed by atoms with E-state index in [2.05, 4.69) is 25.7 Å². The first-order valence-corrected chi connectivity index (χ1v) is 19.4. The zero-order valence-electron chi connectivity index (χ0n) is 31.0. The Bertz CT molecular complexity index is 1290. The second kappa shape index (κ2) is 29.6. The van der Waals surface area contributed by atoms with Crippen LogP contribution >= 0.6 is 24.2 Å². The van der Waals surface area contributed by atoms with Gasteiger partial charge in [-0.25, -0.2) is 15.2 Å². The summed E-state index contributed by atoms with van der Waals surface area (Å²) in [7, 11) is 1.71. The molecule has 0 aromatic heterocycles. The minimum Gasteiger partial charge on any atom is -0.362 e. The molecule has 0 aliphatic carbocycles. The number of thiocarbonyl (C=S) groups is 1. The van der Waals surface area contributed by atoms with Gasteiger partial charge in [-0.2, -0.15) is 0 Å². The monoisotopic (exact) mass is 782 g/mol. The van der Waals surface area contributed by atoms with E-state index in [0.29, 0.717) is 78.3 Å². The number of rotatable bonds is 29. The van der Waals surface area contributed by atoms with Crippen LogP contribution in [0.4, 0.5) is 11.4 Å². The van der Waals surface area contributed by atoms with Gasteiger partial charge in [0, 0.05) is 90.2 Å². The molecular formula is C35H58N8O8S2. The van der Waals surface area contributed by atoms with Crippen molar-refractivity contribution in [2.75, 3.05) is 49.8 Å². The van der Waals surface area contributed by atoms with Crippen molar-refractivity contribution in [2.45, 2.75) is 103 Å². The van der Waals surface area contributed by atoms with Crippen molar-refractivity contribution in [1.82, 2.24) is 25.8 Å². The quantitative estimate of drug-likeness (QED) is 0.0110. The van der Waals surface area contributed by atoms with Crippen molar-refractivity contribution in [1.29, 1.82) is 0 Å². The van der Waals surface area contributed by atoms with Crippen LogP contribution in [-0.2, 0) is 24.0 Å². The molecule has 16 nitrogen and oxygen atoms in total. The average molecular weight is 783 g/mol. The summed E-state index contributed by atoms with van der Waals surface area (Å²) in [4.78, 5) is 63.3. The third kappa shape index (κ3) is 24.9. The van der Waals surface area contributed by atoms with E-state index < -0.39 is 17.7 Å². The molecule has 18 heteroatoms. The van der Waals surface area contributed by atoms with Gasteiger partial charge in [0.25, 0.3) is 0 Å². The Morgan fingerprint density at radius 1 is 0.679 bits per heavy atom. The third-order valence-electron chi connectivity index (χ3n) is 7.88. The molecule has 0 bridgehead atoms. The molecule has 0 radical (unpaired) electrons. The summed E-state index contributed by atoms with van der Waals surface area (Å²) in [5.41, 5.74) is 3.50. The van der Waals surface area contributed by atoms with Gasteiger partial charge in [0.15, 0.2) is 5.11 Å². The van der Waals surface area contributed by atoms with E-state index in [9.17, 15) is 39.6 Å². The highest BCUT2D eigenvalue weighted by atomic mass is 32.2. The zero-order valence-corrected chi connectivity index (χ0v) is 32.7. The molecule has 0 aliphatic rings. The highest BCUT2D eigenvalue weighted by Gasteiger charge is 2.14. The fourth-order valence-corrected chi connectivity index (χ4v) is 5.43. The zero-order chi connectivity index (χ0) is 39.3. The number of nitrogens with one attached hydrogen (secondary N) is 4. The minimum atomic E-state index is -0.520. The lowest BCUT2D eigenvalue weighted by atomic mass is 10.1. The SMILES string of the molecule is CN=CSNc1ccc(NC(=S)NCCCCCN(O)C(=O)CCC(=O)NCCCCCN(O)C(=O)CCC(=O)CCCCCCN(O)C(C)=O)cc1. The van der Waals surface area contributed by atoms with Crippen LogP contribution in [0.25, 0.3) is 0 Å². The van der Waals surface area contributed by atoms with Crippen LogP contribution in [0.5, 0.6) is 0 Å². The first-order chi connectivity index (χ1) is 25.4. The largest absolute Gasteiger partial charge is 0.362 e. The molecule has 0 aliphatic heterocycles. The molecule has 0 fully saturated rings. The van der Waals surface area contributed by atoms with E-state index in [4.69, 9.17) is 12.2 Å². The molecule has 4 amide bonds. The highest BCUT2D eigenvalue weighted by molar-refractivity contribution is 8.13. The summed E-state index contributed by atoms with van der Waals surface area (Å²) in [6.07, 6.45) is 6.96. The Labute approximate surface area is 322 Å². The molecule has 1 aromatic carbocycles. The first kappa shape index (κ1) is 47.2. The summed E-state index contributed by atoms with van der Waals surface area (Å²) >= 11 is 6.71. The van der Waals surface area contributed by atoms with E-state index in [1.807, 2.05) is 24.3 Å². The highest BCUT2D eigenvalue weighted by Crippen LogP contribution is 2.16. The summed E-state index contributed by atoms with van der Waals surface area (Å²) in [6, 6.07) is 7.67. The van der Waals surface area contributed by atoms with Gasteiger partial charge >= 0.3 is 0 Å². The maximum atomic E-state index is 12.2. The number of carbonyl (C=O) groups is 5. The molecule has 7 N–H and O–H groups in total. The molecule has 0 saturated heterocycles. The molecule has 1 rings (SSSR count). The molecule has 0 spiro atoms. The van der Waals surface area contributed by atoms with Gasteiger partial charge in [-0.05, 0) is 99.8 Å². The molecule has 53 heavy (non-hydrogen) atoms. The number of nitrogens with zero attached hydrogens (tertiary/aromatic N) is 4. The Balaban J connectivity index is 2.02. The van der Waals surface area contributed by atoms with E-state index in [1.165, 1.54) is 18.9 Å². The Hall–Kier alpha value is -3.84. The predicted octanol–water partition coefficient (Wildman–Crippen LogP) is 4.90. The fraction of sp³-hybridized carbons (Fsp3) is 0.629. The summed E-state index contributed by atoms with van der Waals surface area (Å²) < 4.78 is 3.14. The average Bonchev–Trinajstić information content (AvgIpc) is 3.14. The van der Waals surface area contributed by atoms with E-state index in [0.717, 1.165) is 37.1 Å².